The second-order valence-electron chi connectivity index (χ2n) is 4.84. The van der Waals surface area contributed by atoms with Crippen molar-refractivity contribution >= 4 is 0 Å². The van der Waals surface area contributed by atoms with Gasteiger partial charge in [0.2, 0.25) is 0 Å². The zero-order chi connectivity index (χ0) is 9.35. The lowest BCUT2D eigenvalue weighted by Gasteiger charge is -2.31. The molecule has 1 heterocycles. The molecular formula is C10H20FN. The van der Waals surface area contributed by atoms with Crippen molar-refractivity contribution < 1.29 is 4.39 Å². The summed E-state index contributed by atoms with van der Waals surface area (Å²) in [6, 6.07) is 0. The van der Waals surface area contributed by atoms with Crippen LogP contribution < -0.4 is 0 Å². The number of nitrogens with zero attached hydrogens (tertiary/aromatic N) is 1. The number of hydrogen-bond donors (Lipinski definition) is 0. The molecule has 1 saturated heterocycles. The van der Waals surface area contributed by atoms with Gasteiger partial charge in [-0.1, -0.05) is 0 Å². The van der Waals surface area contributed by atoms with Gasteiger partial charge in [-0.25, -0.2) is 4.39 Å². The van der Waals surface area contributed by atoms with E-state index in [4.69, 9.17) is 0 Å². The van der Waals surface area contributed by atoms with Gasteiger partial charge in [-0.15, -0.1) is 0 Å². The predicted octanol–water partition coefficient (Wildman–Crippen LogP) is 2.46. The van der Waals surface area contributed by atoms with Crippen LogP contribution in [0.15, 0.2) is 0 Å². The largest absolute Gasteiger partial charge is 0.298 e. The highest BCUT2D eigenvalue weighted by Crippen LogP contribution is 2.27. The zero-order valence-electron chi connectivity index (χ0n) is 8.60. The van der Waals surface area contributed by atoms with E-state index >= 15 is 0 Å². The smallest absolute Gasteiger partial charge is 0.101 e. The van der Waals surface area contributed by atoms with Crippen LogP contribution >= 0.6 is 0 Å². The molecule has 1 fully saturated rings. The number of hydrogen-bond acceptors (Lipinski definition) is 1. The van der Waals surface area contributed by atoms with E-state index in [1.807, 2.05) is 0 Å². The van der Waals surface area contributed by atoms with Crippen LogP contribution in [-0.2, 0) is 0 Å². The molecule has 12 heavy (non-hydrogen) atoms. The van der Waals surface area contributed by atoms with Crippen LogP contribution in [0.4, 0.5) is 4.39 Å². The van der Waals surface area contributed by atoms with Crippen molar-refractivity contribution in [2.75, 3.05) is 13.1 Å². The van der Waals surface area contributed by atoms with Gasteiger partial charge in [0.15, 0.2) is 0 Å². The Morgan fingerprint density at radius 1 is 1.42 bits per heavy atom. The third kappa shape index (κ3) is 2.19. The lowest BCUT2D eigenvalue weighted by molar-refractivity contribution is 0.154. The summed E-state index contributed by atoms with van der Waals surface area (Å²) in [5.74, 6) is 0.268. The van der Waals surface area contributed by atoms with Crippen molar-refractivity contribution in [3.05, 3.63) is 0 Å². The second kappa shape index (κ2) is 3.33. The first kappa shape index (κ1) is 9.97. The Morgan fingerprint density at radius 3 is 2.25 bits per heavy atom. The van der Waals surface area contributed by atoms with E-state index in [9.17, 15) is 4.39 Å². The summed E-state index contributed by atoms with van der Waals surface area (Å²) in [5.41, 5.74) is 0.212. The molecule has 0 saturated carbocycles. The monoisotopic (exact) mass is 173 g/mol. The Balaban J connectivity index is 2.46. The Labute approximate surface area is 74.9 Å². The normalized spacial score (nSPS) is 29.2. The van der Waals surface area contributed by atoms with E-state index in [2.05, 4.69) is 25.7 Å². The van der Waals surface area contributed by atoms with Crippen molar-refractivity contribution in [2.24, 2.45) is 5.92 Å². The Bertz CT molecular complexity index is 148. The van der Waals surface area contributed by atoms with Crippen molar-refractivity contribution in [3.8, 4) is 0 Å². The summed E-state index contributed by atoms with van der Waals surface area (Å²) in [6.45, 7) is 10.2. The van der Waals surface area contributed by atoms with Gasteiger partial charge in [-0.05, 0) is 40.7 Å². The maximum atomic E-state index is 12.9. The molecule has 2 heteroatoms. The summed E-state index contributed by atoms with van der Waals surface area (Å²) in [4.78, 5) is 2.37. The summed E-state index contributed by atoms with van der Waals surface area (Å²) < 4.78 is 12.9. The summed E-state index contributed by atoms with van der Waals surface area (Å²) in [5, 5.41) is 0. The molecule has 0 spiro atoms. The lowest BCUT2D eigenvalue weighted by atomic mass is 10.0. The zero-order valence-corrected chi connectivity index (χ0v) is 8.60. The molecule has 0 aromatic heterocycles. The van der Waals surface area contributed by atoms with Crippen LogP contribution in [-0.4, -0.2) is 29.7 Å². The summed E-state index contributed by atoms with van der Waals surface area (Å²) in [7, 11) is 0. The first-order valence-electron chi connectivity index (χ1n) is 4.80. The molecule has 1 aliphatic rings. The van der Waals surface area contributed by atoms with Crippen LogP contribution in [0, 0.1) is 5.92 Å². The quantitative estimate of drug-likeness (QED) is 0.589. The van der Waals surface area contributed by atoms with Gasteiger partial charge in [-0.2, -0.15) is 0 Å². The average molecular weight is 173 g/mol. The molecule has 0 aromatic carbocycles. The van der Waals surface area contributed by atoms with E-state index in [-0.39, 0.29) is 11.5 Å². The molecule has 1 aliphatic heterocycles. The van der Waals surface area contributed by atoms with E-state index < -0.39 is 6.17 Å². The van der Waals surface area contributed by atoms with E-state index in [0.717, 1.165) is 19.5 Å². The van der Waals surface area contributed by atoms with Crippen LogP contribution in [0.5, 0.6) is 0 Å². The van der Waals surface area contributed by atoms with Crippen molar-refractivity contribution in [2.45, 2.75) is 45.8 Å². The highest BCUT2D eigenvalue weighted by Gasteiger charge is 2.32. The molecule has 1 unspecified atom stereocenters. The van der Waals surface area contributed by atoms with E-state index in [1.165, 1.54) is 0 Å². The highest BCUT2D eigenvalue weighted by molar-refractivity contribution is 4.86. The van der Waals surface area contributed by atoms with Crippen LogP contribution in [0.2, 0.25) is 0 Å². The van der Waals surface area contributed by atoms with Gasteiger partial charge in [0, 0.05) is 18.0 Å². The van der Waals surface area contributed by atoms with Crippen molar-refractivity contribution in [1.82, 2.24) is 4.90 Å². The van der Waals surface area contributed by atoms with Gasteiger partial charge in [0.05, 0.1) is 0 Å². The molecule has 2 atom stereocenters. The minimum Gasteiger partial charge on any atom is -0.298 e. The topological polar surface area (TPSA) is 3.24 Å². The molecule has 0 aromatic rings. The van der Waals surface area contributed by atoms with Gasteiger partial charge in [0.1, 0.15) is 6.17 Å². The standard InChI is InChI=1S/C10H20FN/c1-8(11)9-5-6-12(7-9)10(2,3)4/h8-9H,5-7H2,1-4H3/t8?,9-/m0/s1. The minimum absolute atomic E-state index is 0.212. The fourth-order valence-corrected chi connectivity index (χ4v) is 1.77. The Kier molecular flexibility index (Phi) is 2.77. The summed E-state index contributed by atoms with van der Waals surface area (Å²) in [6.07, 6.45) is 0.381. The number of likely N-dealkylation sites (tertiary alicyclic amines) is 1. The number of rotatable bonds is 1. The summed E-state index contributed by atoms with van der Waals surface area (Å²) >= 11 is 0. The minimum atomic E-state index is -0.641. The van der Waals surface area contributed by atoms with E-state index in [1.54, 1.807) is 6.92 Å². The SMILES string of the molecule is CC(F)[C@H]1CCN(C(C)(C)C)C1. The third-order valence-corrected chi connectivity index (χ3v) is 2.82. The fraction of sp³-hybridized carbons (Fsp3) is 1.00. The lowest BCUT2D eigenvalue weighted by Crippen LogP contribution is -2.39. The second-order valence-corrected chi connectivity index (χ2v) is 4.84. The van der Waals surface area contributed by atoms with Crippen LogP contribution in [0.3, 0.4) is 0 Å². The highest BCUT2D eigenvalue weighted by atomic mass is 19.1. The third-order valence-electron chi connectivity index (χ3n) is 2.82. The molecule has 1 rings (SSSR count). The molecule has 0 bridgehead atoms. The van der Waals surface area contributed by atoms with Gasteiger partial charge in [-0.3, -0.25) is 4.90 Å². The van der Waals surface area contributed by atoms with Crippen molar-refractivity contribution in [3.63, 3.8) is 0 Å². The molecule has 0 N–H and O–H groups in total. The molecular weight excluding hydrogens is 153 g/mol. The van der Waals surface area contributed by atoms with E-state index in [0.29, 0.717) is 0 Å². The number of alkyl halides is 1. The van der Waals surface area contributed by atoms with Crippen LogP contribution in [0.25, 0.3) is 0 Å². The fourth-order valence-electron chi connectivity index (χ4n) is 1.77. The van der Waals surface area contributed by atoms with Gasteiger partial charge >= 0.3 is 0 Å². The predicted molar refractivity (Wildman–Crippen MR) is 50.0 cm³/mol. The maximum Gasteiger partial charge on any atom is 0.101 e. The Morgan fingerprint density at radius 2 is 2.00 bits per heavy atom. The average Bonchev–Trinajstić information content (AvgIpc) is 2.30. The first-order valence-corrected chi connectivity index (χ1v) is 4.80. The molecule has 0 radical (unpaired) electrons. The van der Waals surface area contributed by atoms with Gasteiger partial charge in [0.25, 0.3) is 0 Å². The maximum absolute atomic E-state index is 12.9. The first-order chi connectivity index (χ1) is 5.41. The molecule has 1 nitrogen and oxygen atoms in total. The molecule has 72 valence electrons. The Hall–Kier alpha value is -0.110. The van der Waals surface area contributed by atoms with Gasteiger partial charge < -0.3 is 0 Å². The van der Waals surface area contributed by atoms with Crippen molar-refractivity contribution in [1.29, 1.82) is 0 Å². The molecule has 0 aliphatic carbocycles. The number of halogens is 1. The van der Waals surface area contributed by atoms with Crippen LogP contribution in [0.1, 0.15) is 34.1 Å². The molecule has 0 amide bonds.